The molecule has 0 rings (SSSR count). The van der Waals surface area contributed by atoms with Crippen molar-refractivity contribution in [2.75, 3.05) is 13.2 Å². The molecule has 0 aliphatic carbocycles. The first-order valence-corrected chi connectivity index (χ1v) is 2.57. The van der Waals surface area contributed by atoms with Gasteiger partial charge in [-0.1, -0.05) is 0 Å². The lowest BCUT2D eigenvalue weighted by molar-refractivity contribution is -0.110. The van der Waals surface area contributed by atoms with E-state index in [0.29, 0.717) is 6.54 Å². The van der Waals surface area contributed by atoms with Crippen LogP contribution in [-0.2, 0) is 4.79 Å². The molecule has 2 N–H and O–H groups in total. The first-order valence-electron chi connectivity index (χ1n) is 2.57. The number of allylic oxidation sites excluding steroid dienone is 1. The van der Waals surface area contributed by atoms with E-state index in [-0.39, 0.29) is 6.61 Å². The highest BCUT2D eigenvalue weighted by Crippen LogP contribution is 1.68. The van der Waals surface area contributed by atoms with Crippen molar-refractivity contribution in [2.45, 2.75) is 0 Å². The Morgan fingerprint density at radius 1 is 1.78 bits per heavy atom. The van der Waals surface area contributed by atoms with Crippen LogP contribution in [0, 0.1) is 6.92 Å². The topological polar surface area (TPSA) is 49.3 Å². The predicted molar refractivity (Wildman–Crippen MR) is 33.5 cm³/mol. The number of hydrogen-bond acceptors (Lipinski definition) is 3. The Balaban J connectivity index is 3.15. The van der Waals surface area contributed by atoms with Crippen LogP contribution in [0.3, 0.4) is 0 Å². The maximum Gasteiger partial charge on any atom is 0.161 e. The van der Waals surface area contributed by atoms with Gasteiger partial charge in [0.15, 0.2) is 5.78 Å². The maximum atomic E-state index is 10.00. The number of hydrogen-bond donors (Lipinski definition) is 2. The Kier molecular flexibility index (Phi) is 4.82. The molecule has 0 saturated heterocycles. The van der Waals surface area contributed by atoms with Crippen LogP contribution >= 0.6 is 0 Å². The van der Waals surface area contributed by atoms with Crippen molar-refractivity contribution in [3.8, 4) is 0 Å². The summed E-state index contributed by atoms with van der Waals surface area (Å²) in [5, 5.41) is 10.9. The Bertz CT molecular complexity index is 110. The molecule has 3 heteroatoms. The number of ketones is 1. The lowest BCUT2D eigenvalue weighted by Gasteiger charge is -1.91. The lowest BCUT2D eigenvalue weighted by Crippen LogP contribution is -2.10. The maximum absolute atomic E-state index is 10.00. The number of aliphatic hydroxyl groups is 1. The molecule has 0 bridgehead atoms. The van der Waals surface area contributed by atoms with Crippen LogP contribution in [0.25, 0.3) is 0 Å². The highest BCUT2D eigenvalue weighted by atomic mass is 16.3. The standard InChI is InChI=1S/C6H9NO2/c1-6(9)2-3-7-4-5-8/h1-3,7-8H,4-5H2/b3-2-. The van der Waals surface area contributed by atoms with Gasteiger partial charge in [-0.15, -0.1) is 0 Å². The average molecular weight is 127 g/mol. The second-order valence-electron chi connectivity index (χ2n) is 1.41. The Morgan fingerprint density at radius 2 is 2.44 bits per heavy atom. The Hall–Kier alpha value is -0.830. The summed E-state index contributed by atoms with van der Waals surface area (Å²) in [6.07, 6.45) is 2.59. The van der Waals surface area contributed by atoms with Crippen molar-refractivity contribution in [1.29, 1.82) is 0 Å². The fourth-order valence-electron chi connectivity index (χ4n) is 0.289. The van der Waals surface area contributed by atoms with Gasteiger partial charge in [-0.3, -0.25) is 4.79 Å². The van der Waals surface area contributed by atoms with Crippen molar-refractivity contribution in [1.82, 2.24) is 5.32 Å². The molecule has 3 nitrogen and oxygen atoms in total. The molecule has 0 fully saturated rings. The molecule has 9 heavy (non-hydrogen) atoms. The molecule has 0 aromatic heterocycles. The molecule has 50 valence electrons. The van der Waals surface area contributed by atoms with Crippen LogP contribution in [-0.4, -0.2) is 24.0 Å². The molecule has 0 spiro atoms. The van der Waals surface area contributed by atoms with Gasteiger partial charge in [0.2, 0.25) is 0 Å². The van der Waals surface area contributed by atoms with Crippen LogP contribution in [0.2, 0.25) is 0 Å². The first-order chi connectivity index (χ1) is 4.27. The number of nitrogens with one attached hydrogen (secondary N) is 1. The fraction of sp³-hybridized carbons (Fsp3) is 0.333. The van der Waals surface area contributed by atoms with Gasteiger partial charge >= 0.3 is 0 Å². The van der Waals surface area contributed by atoms with E-state index in [9.17, 15) is 4.79 Å². The van der Waals surface area contributed by atoms with Crippen molar-refractivity contribution in [3.05, 3.63) is 19.2 Å². The van der Waals surface area contributed by atoms with E-state index in [4.69, 9.17) is 12.0 Å². The predicted octanol–water partition coefficient (Wildman–Crippen LogP) is -0.638. The first kappa shape index (κ1) is 8.17. The minimum atomic E-state index is -0.500. The molecular weight excluding hydrogens is 118 g/mol. The number of rotatable bonds is 4. The molecule has 0 aromatic carbocycles. The molecule has 0 aliphatic heterocycles. The summed E-state index contributed by atoms with van der Waals surface area (Å²) in [4.78, 5) is 10.00. The minimum absolute atomic E-state index is 0.0447. The monoisotopic (exact) mass is 127 g/mol. The number of carbonyl (C=O) groups is 1. The molecule has 0 aromatic rings. The Labute approximate surface area is 54.4 Å². The molecule has 0 aliphatic rings. The normalized spacial score (nSPS) is 10.0. The van der Waals surface area contributed by atoms with Gasteiger partial charge in [0.25, 0.3) is 0 Å². The third-order valence-corrected chi connectivity index (χ3v) is 0.622. The Morgan fingerprint density at radius 3 is 2.89 bits per heavy atom. The van der Waals surface area contributed by atoms with E-state index in [1.54, 1.807) is 0 Å². The quantitative estimate of drug-likeness (QED) is 0.390. The summed E-state index contributed by atoms with van der Waals surface area (Å²) >= 11 is 0. The van der Waals surface area contributed by atoms with Gasteiger partial charge in [0, 0.05) is 19.7 Å². The SMILES string of the molecule is [CH]C(=O)/C=C\NCCO. The van der Waals surface area contributed by atoms with Crippen molar-refractivity contribution in [2.24, 2.45) is 0 Å². The van der Waals surface area contributed by atoms with Crippen LogP contribution in [0.4, 0.5) is 0 Å². The highest BCUT2D eigenvalue weighted by Gasteiger charge is 1.79. The number of aliphatic hydroxyl groups excluding tert-OH is 1. The van der Waals surface area contributed by atoms with Gasteiger partial charge in [-0.05, 0) is 6.08 Å². The largest absolute Gasteiger partial charge is 0.395 e. The van der Waals surface area contributed by atoms with Crippen LogP contribution < -0.4 is 5.32 Å². The van der Waals surface area contributed by atoms with Gasteiger partial charge in [-0.2, -0.15) is 0 Å². The second kappa shape index (κ2) is 5.31. The summed E-state index contributed by atoms with van der Waals surface area (Å²) in [5.41, 5.74) is 0. The highest BCUT2D eigenvalue weighted by molar-refractivity contribution is 5.93. The number of carbonyl (C=O) groups excluding carboxylic acids is 1. The molecule has 0 heterocycles. The van der Waals surface area contributed by atoms with Crippen molar-refractivity contribution in [3.63, 3.8) is 0 Å². The third kappa shape index (κ3) is 7.17. The fourth-order valence-corrected chi connectivity index (χ4v) is 0.289. The minimum Gasteiger partial charge on any atom is -0.395 e. The molecule has 0 saturated carbocycles. The summed E-state index contributed by atoms with van der Waals surface area (Å²) in [7, 11) is 0. The summed E-state index contributed by atoms with van der Waals surface area (Å²) in [5.74, 6) is -0.500. The van der Waals surface area contributed by atoms with Crippen molar-refractivity contribution < 1.29 is 9.90 Å². The van der Waals surface area contributed by atoms with Gasteiger partial charge < -0.3 is 10.4 Å². The molecular formula is C6H9NO2. The smallest absolute Gasteiger partial charge is 0.161 e. The van der Waals surface area contributed by atoms with Gasteiger partial charge in [-0.25, -0.2) is 0 Å². The van der Waals surface area contributed by atoms with E-state index in [1.807, 2.05) is 0 Å². The molecule has 2 radical (unpaired) electrons. The summed E-state index contributed by atoms with van der Waals surface area (Å²) < 4.78 is 0. The lowest BCUT2D eigenvalue weighted by atomic mass is 10.4. The zero-order valence-corrected chi connectivity index (χ0v) is 5.00. The summed E-state index contributed by atoms with van der Waals surface area (Å²) in [6.45, 7) is 5.23. The van der Waals surface area contributed by atoms with Crippen molar-refractivity contribution >= 4 is 5.78 Å². The van der Waals surface area contributed by atoms with Gasteiger partial charge in [0.05, 0.1) is 6.61 Å². The molecule has 0 atom stereocenters. The van der Waals surface area contributed by atoms with E-state index >= 15 is 0 Å². The summed E-state index contributed by atoms with van der Waals surface area (Å²) in [6, 6.07) is 0. The van der Waals surface area contributed by atoms with Crippen LogP contribution in [0.15, 0.2) is 12.3 Å². The van der Waals surface area contributed by atoms with E-state index in [2.05, 4.69) is 5.32 Å². The molecule has 0 unspecified atom stereocenters. The van der Waals surface area contributed by atoms with Gasteiger partial charge in [0.1, 0.15) is 0 Å². The molecule has 0 amide bonds. The van der Waals surface area contributed by atoms with Crippen LogP contribution in [0.1, 0.15) is 0 Å². The van der Waals surface area contributed by atoms with E-state index < -0.39 is 5.78 Å². The van der Waals surface area contributed by atoms with Crippen LogP contribution in [0.5, 0.6) is 0 Å². The average Bonchev–Trinajstić information content (AvgIpc) is 1.80. The van der Waals surface area contributed by atoms with E-state index in [1.165, 1.54) is 12.3 Å². The zero-order valence-electron chi connectivity index (χ0n) is 5.00. The zero-order chi connectivity index (χ0) is 7.11. The van der Waals surface area contributed by atoms with E-state index in [0.717, 1.165) is 0 Å². The second-order valence-corrected chi connectivity index (χ2v) is 1.41. The third-order valence-electron chi connectivity index (χ3n) is 0.622.